The van der Waals surface area contributed by atoms with Gasteiger partial charge in [0.05, 0.1) is 4.77 Å². The van der Waals surface area contributed by atoms with Crippen LogP contribution in [0, 0.1) is 11.0 Å². The summed E-state index contributed by atoms with van der Waals surface area (Å²) in [6.45, 7) is 2.89. The standard InChI is InChI=1S/C10H13N2O2S.Li/c1-2-14-6-12-5-8(7-3-4-7)9(13)11-10(12)15;/h7H,2-4,6H2,1H3,(H,11,13,15);/q-1;+1. The van der Waals surface area contributed by atoms with Gasteiger partial charge >= 0.3 is 18.9 Å². The largest absolute Gasteiger partial charge is 1.00 e. The molecule has 0 saturated heterocycles. The van der Waals surface area contributed by atoms with Gasteiger partial charge in [0.2, 0.25) is 0 Å². The Bertz CT molecular complexity index is 465. The molecule has 6 heteroatoms. The topological polar surface area (TPSA) is 47.0 Å². The van der Waals surface area contributed by atoms with Crippen LogP contribution in [0.1, 0.15) is 31.2 Å². The number of aromatic nitrogens is 2. The molecule has 0 aromatic carbocycles. The Morgan fingerprint density at radius 3 is 2.88 bits per heavy atom. The molecule has 1 fully saturated rings. The summed E-state index contributed by atoms with van der Waals surface area (Å²) in [4.78, 5) is 14.2. The number of ether oxygens (including phenoxy) is 1. The molecular formula is C10H13LiN2O2S. The van der Waals surface area contributed by atoms with Crippen LogP contribution in [0.4, 0.5) is 0 Å². The first-order valence-electron chi connectivity index (χ1n) is 5.06. The molecule has 1 N–H and O–H groups in total. The first-order chi connectivity index (χ1) is 7.22. The van der Waals surface area contributed by atoms with E-state index in [2.05, 4.69) is 11.2 Å². The molecule has 1 aliphatic rings. The zero-order chi connectivity index (χ0) is 10.8. The maximum absolute atomic E-state index is 11.5. The number of nitrogens with zero attached hydrogens (tertiary/aromatic N) is 1. The van der Waals surface area contributed by atoms with E-state index in [-0.39, 0.29) is 24.4 Å². The van der Waals surface area contributed by atoms with E-state index in [1.807, 2.05) is 6.92 Å². The Labute approximate surface area is 111 Å². The van der Waals surface area contributed by atoms with E-state index in [1.165, 1.54) is 0 Å². The molecule has 82 valence electrons. The summed E-state index contributed by atoms with van der Waals surface area (Å²) in [5, 5.41) is 0. The molecule has 0 unspecified atom stereocenters. The summed E-state index contributed by atoms with van der Waals surface area (Å²) >= 11 is 5.02. The third kappa shape index (κ3) is 3.08. The van der Waals surface area contributed by atoms with Gasteiger partial charge in [0, 0.05) is 6.61 Å². The molecule has 1 saturated carbocycles. The van der Waals surface area contributed by atoms with Crippen LogP contribution < -0.4 is 24.4 Å². The van der Waals surface area contributed by atoms with Crippen molar-refractivity contribution in [1.82, 2.24) is 9.55 Å². The van der Waals surface area contributed by atoms with Gasteiger partial charge < -0.3 is 19.1 Å². The van der Waals surface area contributed by atoms with Gasteiger partial charge in [-0.15, -0.1) is 12.2 Å². The zero-order valence-corrected chi connectivity index (χ0v) is 10.4. The molecule has 16 heavy (non-hydrogen) atoms. The van der Waals surface area contributed by atoms with Gasteiger partial charge in [0.25, 0.3) is 0 Å². The summed E-state index contributed by atoms with van der Waals surface area (Å²) in [7, 11) is 0. The Balaban J connectivity index is 0.00000128. The molecule has 0 amide bonds. The molecule has 0 atom stereocenters. The van der Waals surface area contributed by atoms with Crippen LogP contribution in [0.5, 0.6) is 0 Å². The van der Waals surface area contributed by atoms with Crippen LogP contribution in [-0.2, 0) is 11.5 Å². The third-order valence-corrected chi connectivity index (χ3v) is 2.70. The molecule has 4 nitrogen and oxygen atoms in total. The minimum Gasteiger partial charge on any atom is -0.412 e. The molecule has 0 aliphatic heterocycles. The van der Waals surface area contributed by atoms with Crippen molar-refractivity contribution in [2.75, 3.05) is 6.61 Å². The van der Waals surface area contributed by atoms with Crippen LogP contribution in [0.3, 0.4) is 0 Å². The number of hydrogen-bond acceptors (Lipinski definition) is 3. The van der Waals surface area contributed by atoms with E-state index >= 15 is 0 Å². The van der Waals surface area contributed by atoms with Crippen molar-refractivity contribution in [2.24, 2.45) is 0 Å². The quantitative estimate of drug-likeness (QED) is 0.394. The van der Waals surface area contributed by atoms with E-state index in [0.29, 0.717) is 29.6 Å². The summed E-state index contributed by atoms with van der Waals surface area (Å²) in [6, 6.07) is 0. The predicted molar refractivity (Wildman–Crippen MR) is 58.3 cm³/mol. The van der Waals surface area contributed by atoms with Crippen molar-refractivity contribution >= 4 is 12.2 Å². The minimum atomic E-state index is -0.102. The maximum atomic E-state index is 11.5. The van der Waals surface area contributed by atoms with Crippen molar-refractivity contribution in [3.8, 4) is 0 Å². The second-order valence-corrected chi connectivity index (χ2v) is 4.00. The van der Waals surface area contributed by atoms with Crippen LogP contribution >= 0.6 is 12.2 Å². The SMILES string of the molecule is CCOCn1[c-]c(C2CC2)c(=O)[nH]c1=S.[Li+]. The van der Waals surface area contributed by atoms with E-state index in [1.54, 1.807) is 4.57 Å². The smallest absolute Gasteiger partial charge is 0.412 e. The first kappa shape index (κ1) is 13.7. The van der Waals surface area contributed by atoms with Gasteiger partial charge in [-0.3, -0.25) is 0 Å². The summed E-state index contributed by atoms with van der Waals surface area (Å²) in [6.07, 6.45) is 5.17. The average molecular weight is 232 g/mol. The number of H-pyrrole nitrogens is 1. The normalized spacial score (nSPS) is 14.6. The summed E-state index contributed by atoms with van der Waals surface area (Å²) < 4.78 is 7.26. The minimum absolute atomic E-state index is 0. The van der Waals surface area contributed by atoms with Gasteiger partial charge in [-0.2, -0.15) is 0 Å². The van der Waals surface area contributed by atoms with Gasteiger partial charge in [0.15, 0.2) is 0 Å². The Hall–Kier alpha value is -0.343. The Morgan fingerprint density at radius 1 is 1.62 bits per heavy atom. The van der Waals surface area contributed by atoms with Crippen LogP contribution in [-0.4, -0.2) is 16.2 Å². The van der Waals surface area contributed by atoms with Crippen molar-refractivity contribution in [3.63, 3.8) is 0 Å². The molecular weight excluding hydrogens is 219 g/mol. The average Bonchev–Trinajstić information content (AvgIpc) is 3.00. The molecule has 0 bridgehead atoms. The molecule has 0 radical (unpaired) electrons. The molecule has 2 rings (SSSR count). The predicted octanol–water partition coefficient (Wildman–Crippen LogP) is -1.42. The van der Waals surface area contributed by atoms with Crippen LogP contribution in [0.25, 0.3) is 0 Å². The monoisotopic (exact) mass is 232 g/mol. The van der Waals surface area contributed by atoms with Crippen molar-refractivity contribution in [2.45, 2.75) is 32.4 Å². The Morgan fingerprint density at radius 2 is 2.31 bits per heavy atom. The Kier molecular flexibility index (Phi) is 5.00. The zero-order valence-electron chi connectivity index (χ0n) is 9.58. The summed E-state index contributed by atoms with van der Waals surface area (Å²) in [5.74, 6) is 0.372. The molecule has 0 spiro atoms. The van der Waals surface area contributed by atoms with Gasteiger partial charge in [-0.1, -0.05) is 11.8 Å². The second kappa shape index (κ2) is 5.83. The van der Waals surface area contributed by atoms with E-state index in [0.717, 1.165) is 12.8 Å². The fourth-order valence-corrected chi connectivity index (χ4v) is 1.59. The number of aromatic amines is 1. The summed E-state index contributed by atoms with van der Waals surface area (Å²) in [5.41, 5.74) is 0.610. The van der Waals surface area contributed by atoms with E-state index < -0.39 is 0 Å². The van der Waals surface area contributed by atoms with Gasteiger partial charge in [0.1, 0.15) is 12.3 Å². The molecule has 1 aromatic heterocycles. The van der Waals surface area contributed by atoms with Crippen molar-refractivity contribution in [3.05, 3.63) is 26.9 Å². The number of rotatable bonds is 4. The van der Waals surface area contributed by atoms with Gasteiger partial charge in [-0.25, -0.2) is 0 Å². The van der Waals surface area contributed by atoms with Crippen LogP contribution in [0.15, 0.2) is 4.79 Å². The fraction of sp³-hybridized carbons (Fsp3) is 0.600. The number of nitrogens with one attached hydrogen (secondary N) is 1. The molecule has 1 aromatic rings. The van der Waals surface area contributed by atoms with Crippen molar-refractivity contribution in [1.29, 1.82) is 0 Å². The van der Waals surface area contributed by atoms with Crippen molar-refractivity contribution < 1.29 is 23.6 Å². The third-order valence-electron chi connectivity index (χ3n) is 2.38. The molecule has 1 aliphatic carbocycles. The molecule has 1 heterocycles. The van der Waals surface area contributed by atoms with E-state index in [4.69, 9.17) is 17.0 Å². The first-order valence-corrected chi connectivity index (χ1v) is 5.47. The second-order valence-electron chi connectivity index (χ2n) is 3.61. The van der Waals surface area contributed by atoms with Gasteiger partial charge in [-0.05, 0) is 25.7 Å². The fourth-order valence-electron chi connectivity index (χ4n) is 1.40. The van der Waals surface area contributed by atoms with E-state index in [9.17, 15) is 4.79 Å². The van der Waals surface area contributed by atoms with Crippen LogP contribution in [0.2, 0.25) is 0 Å². The number of hydrogen-bond donors (Lipinski definition) is 1. The maximum Gasteiger partial charge on any atom is 1.00 e.